The van der Waals surface area contributed by atoms with Crippen LogP contribution >= 0.6 is 11.8 Å². The first-order chi connectivity index (χ1) is 11.3. The SMILES string of the molecule is CN1CCCCC1CCN1c2ccncc2Sc2ncccc21. The van der Waals surface area contributed by atoms with Crippen LogP contribution in [0.3, 0.4) is 0 Å². The van der Waals surface area contributed by atoms with Crippen molar-refractivity contribution in [3.05, 3.63) is 36.8 Å². The molecular weight excluding hydrogens is 304 g/mol. The zero-order valence-electron chi connectivity index (χ0n) is 13.5. The molecule has 0 amide bonds. The molecule has 0 aliphatic carbocycles. The quantitative estimate of drug-likeness (QED) is 0.852. The Balaban J connectivity index is 1.60. The minimum absolute atomic E-state index is 0.698. The molecule has 120 valence electrons. The average molecular weight is 326 g/mol. The first kappa shape index (κ1) is 15.0. The first-order valence-electron chi connectivity index (χ1n) is 8.37. The maximum absolute atomic E-state index is 4.56. The fraction of sp³-hybridized carbons (Fsp3) is 0.444. The van der Waals surface area contributed by atoms with Gasteiger partial charge in [0.1, 0.15) is 5.03 Å². The van der Waals surface area contributed by atoms with E-state index in [2.05, 4.69) is 38.9 Å². The summed E-state index contributed by atoms with van der Waals surface area (Å²) in [5.74, 6) is 0. The summed E-state index contributed by atoms with van der Waals surface area (Å²) in [6.45, 7) is 2.27. The summed E-state index contributed by atoms with van der Waals surface area (Å²) in [6, 6.07) is 7.04. The largest absolute Gasteiger partial charge is 0.338 e. The molecule has 2 aromatic heterocycles. The maximum Gasteiger partial charge on any atom is 0.125 e. The highest BCUT2D eigenvalue weighted by Crippen LogP contribution is 2.46. The molecule has 1 unspecified atom stereocenters. The van der Waals surface area contributed by atoms with Crippen molar-refractivity contribution in [1.82, 2.24) is 14.9 Å². The summed E-state index contributed by atoms with van der Waals surface area (Å²) in [6.07, 6.45) is 10.9. The molecule has 0 saturated carbocycles. The molecule has 1 saturated heterocycles. The van der Waals surface area contributed by atoms with E-state index in [4.69, 9.17) is 0 Å². The summed E-state index contributed by atoms with van der Waals surface area (Å²) in [7, 11) is 2.27. The van der Waals surface area contributed by atoms with Crippen LogP contribution in [0.5, 0.6) is 0 Å². The van der Waals surface area contributed by atoms with E-state index in [1.807, 2.05) is 24.7 Å². The molecule has 0 spiro atoms. The van der Waals surface area contributed by atoms with E-state index in [-0.39, 0.29) is 0 Å². The second kappa shape index (κ2) is 6.49. The molecule has 1 fully saturated rings. The third-order valence-corrected chi connectivity index (χ3v) is 5.95. The van der Waals surface area contributed by atoms with Crippen LogP contribution in [0.15, 0.2) is 46.7 Å². The smallest absolute Gasteiger partial charge is 0.125 e. The van der Waals surface area contributed by atoms with Crippen molar-refractivity contribution < 1.29 is 0 Å². The Morgan fingerprint density at radius 2 is 2.17 bits per heavy atom. The normalized spacial score (nSPS) is 20.9. The van der Waals surface area contributed by atoms with Gasteiger partial charge in [-0.2, -0.15) is 0 Å². The van der Waals surface area contributed by atoms with Gasteiger partial charge in [0.25, 0.3) is 0 Å². The number of rotatable bonds is 3. The minimum Gasteiger partial charge on any atom is -0.338 e. The Kier molecular flexibility index (Phi) is 4.23. The van der Waals surface area contributed by atoms with Gasteiger partial charge in [-0.1, -0.05) is 18.2 Å². The fourth-order valence-electron chi connectivity index (χ4n) is 3.60. The van der Waals surface area contributed by atoms with Gasteiger partial charge in [0, 0.05) is 31.2 Å². The van der Waals surface area contributed by atoms with Crippen molar-refractivity contribution >= 4 is 23.1 Å². The van der Waals surface area contributed by atoms with Gasteiger partial charge in [0.15, 0.2) is 0 Å². The fourth-order valence-corrected chi connectivity index (χ4v) is 4.60. The minimum atomic E-state index is 0.698. The zero-order valence-corrected chi connectivity index (χ0v) is 14.3. The zero-order chi connectivity index (χ0) is 15.6. The van der Waals surface area contributed by atoms with E-state index in [0.717, 1.165) is 11.6 Å². The van der Waals surface area contributed by atoms with E-state index < -0.39 is 0 Å². The van der Waals surface area contributed by atoms with Crippen LogP contribution in [0.25, 0.3) is 0 Å². The lowest BCUT2D eigenvalue weighted by molar-refractivity contribution is 0.178. The van der Waals surface area contributed by atoms with Crippen molar-refractivity contribution in [1.29, 1.82) is 0 Å². The number of piperidine rings is 1. The third-order valence-electron chi connectivity index (χ3n) is 4.91. The van der Waals surface area contributed by atoms with Crippen molar-refractivity contribution in [3.63, 3.8) is 0 Å². The van der Waals surface area contributed by atoms with Crippen molar-refractivity contribution in [2.45, 2.75) is 41.6 Å². The van der Waals surface area contributed by atoms with Gasteiger partial charge >= 0.3 is 0 Å². The summed E-state index contributed by atoms with van der Waals surface area (Å²) in [4.78, 5) is 15.0. The highest BCUT2D eigenvalue weighted by atomic mass is 32.2. The Hall–Kier alpha value is -1.59. The Labute approximate surface area is 141 Å². The summed E-state index contributed by atoms with van der Waals surface area (Å²) in [5.41, 5.74) is 2.50. The van der Waals surface area contributed by atoms with Gasteiger partial charge in [-0.3, -0.25) is 4.98 Å². The number of anilines is 2. The number of likely N-dealkylation sites (tertiary alicyclic amines) is 1. The van der Waals surface area contributed by atoms with Crippen molar-refractivity contribution in [2.75, 3.05) is 25.0 Å². The lowest BCUT2D eigenvalue weighted by atomic mass is 10.00. The van der Waals surface area contributed by atoms with E-state index in [9.17, 15) is 0 Å². The van der Waals surface area contributed by atoms with E-state index >= 15 is 0 Å². The molecule has 4 heterocycles. The molecule has 0 radical (unpaired) electrons. The predicted octanol–water partition coefficient (Wildman–Crippen LogP) is 3.95. The van der Waals surface area contributed by atoms with Crippen LogP contribution < -0.4 is 4.90 Å². The molecule has 1 atom stereocenters. The molecule has 0 bridgehead atoms. The van der Waals surface area contributed by atoms with Crippen molar-refractivity contribution in [3.8, 4) is 0 Å². The average Bonchev–Trinajstić information content (AvgIpc) is 2.60. The predicted molar refractivity (Wildman–Crippen MR) is 94.5 cm³/mol. The number of nitrogens with zero attached hydrogens (tertiary/aromatic N) is 4. The first-order valence-corrected chi connectivity index (χ1v) is 9.19. The monoisotopic (exact) mass is 326 g/mol. The van der Waals surface area contributed by atoms with Gasteiger partial charge in [-0.25, -0.2) is 4.98 Å². The van der Waals surface area contributed by atoms with Crippen LogP contribution in [-0.2, 0) is 0 Å². The van der Waals surface area contributed by atoms with Crippen LogP contribution in [0.2, 0.25) is 0 Å². The van der Waals surface area contributed by atoms with Crippen LogP contribution in [-0.4, -0.2) is 41.0 Å². The number of pyridine rings is 2. The number of aromatic nitrogens is 2. The topological polar surface area (TPSA) is 32.3 Å². The molecule has 5 heteroatoms. The summed E-state index contributed by atoms with van der Waals surface area (Å²) < 4.78 is 0. The standard InChI is InChI=1S/C18H22N4S/c1-21-11-3-2-5-14(21)8-12-22-15-7-10-19-13-17(15)23-18-16(22)6-4-9-20-18/h4,6-7,9-10,13-14H,2-3,5,8,11-12H2,1H3. The molecule has 4 rings (SSSR count). The van der Waals surface area contributed by atoms with E-state index in [0.29, 0.717) is 6.04 Å². The summed E-state index contributed by atoms with van der Waals surface area (Å²) >= 11 is 1.72. The molecule has 2 aliphatic heterocycles. The highest BCUT2D eigenvalue weighted by Gasteiger charge is 2.26. The highest BCUT2D eigenvalue weighted by molar-refractivity contribution is 7.99. The molecular formula is C18H22N4S. The van der Waals surface area contributed by atoms with Gasteiger partial charge < -0.3 is 9.80 Å². The Morgan fingerprint density at radius 1 is 1.22 bits per heavy atom. The van der Waals surface area contributed by atoms with Gasteiger partial charge in [-0.15, -0.1) is 0 Å². The number of hydrogen-bond donors (Lipinski definition) is 0. The van der Waals surface area contributed by atoms with E-state index in [1.54, 1.807) is 11.8 Å². The lowest BCUT2D eigenvalue weighted by Gasteiger charge is -2.36. The second-order valence-corrected chi connectivity index (χ2v) is 7.37. The lowest BCUT2D eigenvalue weighted by Crippen LogP contribution is -2.38. The van der Waals surface area contributed by atoms with Crippen LogP contribution in [0.1, 0.15) is 25.7 Å². The third kappa shape index (κ3) is 2.95. The number of hydrogen-bond acceptors (Lipinski definition) is 5. The number of fused-ring (bicyclic) bond motifs is 2. The molecule has 2 aromatic rings. The molecule has 0 aromatic carbocycles. The molecule has 4 nitrogen and oxygen atoms in total. The second-order valence-electron chi connectivity index (χ2n) is 6.34. The van der Waals surface area contributed by atoms with Crippen molar-refractivity contribution in [2.24, 2.45) is 0 Å². The van der Waals surface area contributed by atoms with Gasteiger partial charge in [0.2, 0.25) is 0 Å². The van der Waals surface area contributed by atoms with Gasteiger partial charge in [-0.05, 0) is 51.1 Å². The summed E-state index contributed by atoms with van der Waals surface area (Å²) in [5, 5.41) is 1.09. The Morgan fingerprint density at radius 3 is 3.09 bits per heavy atom. The molecule has 0 N–H and O–H groups in total. The molecule has 2 aliphatic rings. The maximum atomic E-state index is 4.56. The Bertz CT molecular complexity index is 645. The van der Waals surface area contributed by atoms with Crippen LogP contribution in [0, 0.1) is 0 Å². The molecule has 23 heavy (non-hydrogen) atoms. The van der Waals surface area contributed by atoms with E-state index in [1.165, 1.54) is 48.5 Å². The van der Waals surface area contributed by atoms with Gasteiger partial charge in [0.05, 0.1) is 16.3 Å². The van der Waals surface area contributed by atoms with Crippen LogP contribution in [0.4, 0.5) is 11.4 Å².